The molecule has 0 saturated heterocycles. The Hall–Kier alpha value is -1.58. The summed E-state index contributed by atoms with van der Waals surface area (Å²) in [5, 5.41) is 12.5. The summed E-state index contributed by atoms with van der Waals surface area (Å²) in [6.45, 7) is 4.82. The monoisotopic (exact) mass is 248 g/mol. The van der Waals surface area contributed by atoms with Crippen LogP contribution in [0.3, 0.4) is 0 Å². The van der Waals surface area contributed by atoms with Crippen LogP contribution in [-0.2, 0) is 0 Å². The van der Waals surface area contributed by atoms with Gasteiger partial charge in [-0.25, -0.2) is 9.78 Å². The Morgan fingerprint density at radius 2 is 2.28 bits per heavy atom. The largest absolute Gasteiger partial charge is 0.478 e. The van der Waals surface area contributed by atoms with Gasteiger partial charge in [0.05, 0.1) is 0 Å². The van der Waals surface area contributed by atoms with Gasteiger partial charge in [-0.2, -0.15) is 0 Å². The Morgan fingerprint density at radius 3 is 2.78 bits per heavy atom. The van der Waals surface area contributed by atoms with Crippen LogP contribution < -0.4 is 5.32 Å². The maximum Gasteiger partial charge on any atom is 0.339 e. The van der Waals surface area contributed by atoms with Crippen molar-refractivity contribution in [3.8, 4) is 0 Å². The maximum atomic E-state index is 11.2. The first-order chi connectivity index (χ1) is 8.58. The number of carbonyl (C=O) groups is 1. The molecule has 2 N–H and O–H groups in total. The van der Waals surface area contributed by atoms with E-state index in [9.17, 15) is 9.90 Å². The number of carboxylic acid groups (broad SMARTS) is 1. The molecular formula is C14H20N2O2. The van der Waals surface area contributed by atoms with E-state index in [2.05, 4.69) is 17.2 Å². The smallest absolute Gasteiger partial charge is 0.339 e. The number of aromatic carboxylic acids is 1. The Bertz CT molecular complexity index is 448. The van der Waals surface area contributed by atoms with Crippen molar-refractivity contribution in [1.82, 2.24) is 4.98 Å². The lowest BCUT2D eigenvalue weighted by Crippen LogP contribution is -2.36. The van der Waals surface area contributed by atoms with Crippen molar-refractivity contribution in [2.45, 2.75) is 39.5 Å². The molecule has 1 fully saturated rings. The number of aryl methyl sites for hydroxylation is 1. The molecule has 4 nitrogen and oxygen atoms in total. The van der Waals surface area contributed by atoms with Crippen LogP contribution in [0.25, 0.3) is 0 Å². The minimum absolute atomic E-state index is 0.295. The lowest BCUT2D eigenvalue weighted by Gasteiger charge is -2.41. The van der Waals surface area contributed by atoms with E-state index in [0.29, 0.717) is 16.8 Å². The Morgan fingerprint density at radius 1 is 1.56 bits per heavy atom. The van der Waals surface area contributed by atoms with Crippen LogP contribution in [0, 0.1) is 12.3 Å². The molecule has 0 spiro atoms. The number of hydrogen-bond acceptors (Lipinski definition) is 3. The second-order valence-electron chi connectivity index (χ2n) is 5.22. The Kier molecular flexibility index (Phi) is 3.55. The van der Waals surface area contributed by atoms with Gasteiger partial charge in [0, 0.05) is 12.7 Å². The number of nitrogens with one attached hydrogen (secondary N) is 1. The highest BCUT2D eigenvalue weighted by atomic mass is 16.4. The standard InChI is InChI=1S/C14H20N2O2/c1-3-14(6-4-7-14)9-16-12-11(13(17)18)10(2)5-8-15-12/h5,8H,3-4,6-7,9H2,1-2H3,(H,15,16)(H,17,18). The molecule has 1 aliphatic rings. The van der Waals surface area contributed by atoms with E-state index in [-0.39, 0.29) is 0 Å². The number of anilines is 1. The molecular weight excluding hydrogens is 228 g/mol. The zero-order valence-electron chi connectivity index (χ0n) is 11.0. The van der Waals surface area contributed by atoms with Crippen LogP contribution >= 0.6 is 0 Å². The predicted octanol–water partition coefficient (Wildman–Crippen LogP) is 3.08. The van der Waals surface area contributed by atoms with Gasteiger partial charge in [0.25, 0.3) is 0 Å². The summed E-state index contributed by atoms with van der Waals surface area (Å²) < 4.78 is 0. The van der Waals surface area contributed by atoms with Crippen LogP contribution in [0.5, 0.6) is 0 Å². The second kappa shape index (κ2) is 4.96. The Balaban J connectivity index is 2.14. The highest BCUT2D eigenvalue weighted by molar-refractivity contribution is 5.94. The van der Waals surface area contributed by atoms with Crippen molar-refractivity contribution in [2.24, 2.45) is 5.41 Å². The van der Waals surface area contributed by atoms with Crippen LogP contribution in [0.4, 0.5) is 5.82 Å². The fraction of sp³-hybridized carbons (Fsp3) is 0.571. The summed E-state index contributed by atoms with van der Waals surface area (Å²) >= 11 is 0. The SMILES string of the molecule is CCC1(CNc2nccc(C)c2C(=O)O)CCC1. The van der Waals surface area contributed by atoms with Gasteiger partial charge in [-0.3, -0.25) is 0 Å². The molecule has 2 rings (SSSR count). The van der Waals surface area contributed by atoms with Gasteiger partial charge < -0.3 is 10.4 Å². The lowest BCUT2D eigenvalue weighted by molar-refractivity contribution is 0.0696. The molecule has 0 radical (unpaired) electrons. The topological polar surface area (TPSA) is 62.2 Å². The zero-order valence-corrected chi connectivity index (χ0v) is 11.0. The van der Waals surface area contributed by atoms with Crippen molar-refractivity contribution in [3.05, 3.63) is 23.4 Å². The number of rotatable bonds is 5. The third-order valence-electron chi connectivity index (χ3n) is 4.17. The van der Waals surface area contributed by atoms with Gasteiger partial charge in [0.2, 0.25) is 0 Å². The number of carboxylic acids is 1. The van der Waals surface area contributed by atoms with E-state index >= 15 is 0 Å². The molecule has 98 valence electrons. The lowest BCUT2D eigenvalue weighted by atomic mass is 9.67. The van der Waals surface area contributed by atoms with Gasteiger partial charge in [0.15, 0.2) is 0 Å². The quantitative estimate of drug-likeness (QED) is 0.840. The number of pyridine rings is 1. The van der Waals surface area contributed by atoms with Crippen molar-refractivity contribution < 1.29 is 9.90 Å². The van der Waals surface area contributed by atoms with Crippen LogP contribution in [0.2, 0.25) is 0 Å². The third-order valence-corrected chi connectivity index (χ3v) is 4.17. The third kappa shape index (κ3) is 2.33. The van der Waals surface area contributed by atoms with Gasteiger partial charge in [0.1, 0.15) is 11.4 Å². The molecule has 0 aromatic carbocycles. The summed E-state index contributed by atoms with van der Waals surface area (Å²) in [7, 11) is 0. The van der Waals surface area contributed by atoms with Crippen molar-refractivity contribution in [2.75, 3.05) is 11.9 Å². The summed E-state index contributed by atoms with van der Waals surface area (Å²) in [5.74, 6) is -0.413. The average molecular weight is 248 g/mol. The fourth-order valence-electron chi connectivity index (χ4n) is 2.57. The van der Waals surface area contributed by atoms with E-state index < -0.39 is 5.97 Å². The molecule has 1 heterocycles. The molecule has 1 saturated carbocycles. The normalized spacial score (nSPS) is 17.0. The minimum atomic E-state index is -0.915. The summed E-state index contributed by atoms with van der Waals surface area (Å²) in [5.41, 5.74) is 1.39. The first-order valence-corrected chi connectivity index (χ1v) is 6.51. The van der Waals surface area contributed by atoms with E-state index in [0.717, 1.165) is 18.5 Å². The van der Waals surface area contributed by atoms with E-state index in [1.54, 1.807) is 19.2 Å². The van der Waals surface area contributed by atoms with Crippen molar-refractivity contribution >= 4 is 11.8 Å². The molecule has 1 aromatic rings. The van der Waals surface area contributed by atoms with E-state index in [1.165, 1.54) is 19.3 Å². The summed E-state index contributed by atoms with van der Waals surface area (Å²) in [4.78, 5) is 15.4. The van der Waals surface area contributed by atoms with Crippen LogP contribution in [0.1, 0.15) is 48.5 Å². The number of hydrogen-bond donors (Lipinski definition) is 2. The zero-order chi connectivity index (χ0) is 13.2. The number of nitrogens with zero attached hydrogens (tertiary/aromatic N) is 1. The highest BCUT2D eigenvalue weighted by Crippen LogP contribution is 2.43. The Labute approximate surface area is 107 Å². The second-order valence-corrected chi connectivity index (χ2v) is 5.22. The van der Waals surface area contributed by atoms with E-state index in [1.807, 2.05) is 0 Å². The summed E-state index contributed by atoms with van der Waals surface area (Å²) in [6.07, 6.45) is 6.52. The molecule has 0 bridgehead atoms. The first-order valence-electron chi connectivity index (χ1n) is 6.51. The first kappa shape index (κ1) is 12.9. The molecule has 1 aliphatic carbocycles. The molecule has 0 amide bonds. The van der Waals surface area contributed by atoms with Gasteiger partial charge in [-0.05, 0) is 43.2 Å². The van der Waals surface area contributed by atoms with Gasteiger partial charge in [-0.1, -0.05) is 13.3 Å². The predicted molar refractivity (Wildman–Crippen MR) is 71.0 cm³/mol. The van der Waals surface area contributed by atoms with Crippen LogP contribution in [0.15, 0.2) is 12.3 Å². The fourth-order valence-corrected chi connectivity index (χ4v) is 2.57. The van der Waals surface area contributed by atoms with Gasteiger partial charge in [-0.15, -0.1) is 0 Å². The van der Waals surface area contributed by atoms with Crippen molar-refractivity contribution in [1.29, 1.82) is 0 Å². The van der Waals surface area contributed by atoms with Crippen molar-refractivity contribution in [3.63, 3.8) is 0 Å². The highest BCUT2D eigenvalue weighted by Gasteiger charge is 2.35. The van der Waals surface area contributed by atoms with E-state index in [4.69, 9.17) is 0 Å². The maximum absolute atomic E-state index is 11.2. The van der Waals surface area contributed by atoms with Gasteiger partial charge >= 0.3 is 5.97 Å². The average Bonchev–Trinajstić information content (AvgIpc) is 2.27. The molecule has 1 aromatic heterocycles. The molecule has 18 heavy (non-hydrogen) atoms. The molecule has 0 atom stereocenters. The molecule has 0 unspecified atom stereocenters. The summed E-state index contributed by atoms with van der Waals surface area (Å²) in [6, 6.07) is 1.73. The molecule has 0 aliphatic heterocycles. The number of aromatic nitrogens is 1. The molecule has 4 heteroatoms. The van der Waals surface area contributed by atoms with Crippen LogP contribution in [-0.4, -0.2) is 22.6 Å². The minimum Gasteiger partial charge on any atom is -0.478 e.